The highest BCUT2D eigenvalue weighted by Gasteiger charge is 2.21. The predicted octanol–water partition coefficient (Wildman–Crippen LogP) is 4.23. The molecule has 0 fully saturated rings. The van der Waals surface area contributed by atoms with E-state index >= 15 is 0 Å². The van der Waals surface area contributed by atoms with Gasteiger partial charge in [0.1, 0.15) is 0 Å². The molecule has 0 aromatic heterocycles. The molecule has 0 spiro atoms. The van der Waals surface area contributed by atoms with Crippen LogP contribution in [0.15, 0.2) is 65.8 Å². The Morgan fingerprint density at radius 1 is 1.04 bits per heavy atom. The molecule has 0 radical (unpaired) electrons. The topological polar surface area (TPSA) is 89.3 Å². The summed E-state index contributed by atoms with van der Waals surface area (Å²) in [5.41, 5.74) is 10.7. The Morgan fingerprint density at radius 3 is 2.00 bits per heavy atom. The molecule has 0 saturated heterocycles. The molecule has 6 nitrogen and oxygen atoms in total. The van der Waals surface area contributed by atoms with Gasteiger partial charge >= 0.3 is 5.97 Å². The fourth-order valence-corrected chi connectivity index (χ4v) is 2.82. The van der Waals surface area contributed by atoms with Gasteiger partial charge in [0.15, 0.2) is 0 Å². The smallest absolute Gasteiger partial charge is 0.304 e. The Kier molecular flexibility index (Phi) is 7.50. The number of aliphatic carboxylic acids is 1. The van der Waals surface area contributed by atoms with Crippen LogP contribution in [-0.2, 0) is 17.9 Å². The number of azide groups is 1. The first kappa shape index (κ1) is 18.5. The van der Waals surface area contributed by atoms with E-state index < -0.39 is 5.97 Å². The molecule has 0 saturated carbocycles. The van der Waals surface area contributed by atoms with Crippen LogP contribution >= 0.6 is 0 Å². The second-order valence-electron chi connectivity index (χ2n) is 5.87. The molecule has 6 heteroatoms. The summed E-state index contributed by atoms with van der Waals surface area (Å²) in [6, 6.07) is 19.7. The Morgan fingerprint density at radius 2 is 1.56 bits per heavy atom. The van der Waals surface area contributed by atoms with Gasteiger partial charge in [-0.3, -0.25) is 9.69 Å². The SMILES string of the molecule is [N-]=[N+]=NCC[C@@H](CC(=O)O)N(Cc1ccccc1)Cc1ccccc1. The summed E-state index contributed by atoms with van der Waals surface area (Å²) in [6.45, 7) is 1.57. The van der Waals surface area contributed by atoms with Gasteiger partial charge in [-0.05, 0) is 23.1 Å². The first-order valence-electron chi connectivity index (χ1n) is 8.23. The third kappa shape index (κ3) is 6.67. The first-order chi connectivity index (χ1) is 12.2. The first-order valence-corrected chi connectivity index (χ1v) is 8.23. The average molecular weight is 338 g/mol. The number of carboxylic acid groups (broad SMARTS) is 1. The molecule has 2 aromatic rings. The van der Waals surface area contributed by atoms with E-state index in [2.05, 4.69) is 14.9 Å². The van der Waals surface area contributed by atoms with Crippen LogP contribution in [0, 0.1) is 0 Å². The predicted molar refractivity (Wildman–Crippen MR) is 96.8 cm³/mol. The van der Waals surface area contributed by atoms with E-state index in [9.17, 15) is 9.90 Å². The number of hydrogen-bond donors (Lipinski definition) is 1. The molecule has 2 aromatic carbocycles. The molecular weight excluding hydrogens is 316 g/mol. The summed E-state index contributed by atoms with van der Waals surface area (Å²) in [6.07, 6.45) is 0.524. The third-order valence-corrected chi connectivity index (χ3v) is 4.01. The van der Waals surface area contributed by atoms with Crippen LogP contribution in [0.4, 0.5) is 0 Å². The van der Waals surface area contributed by atoms with E-state index in [0.717, 1.165) is 11.1 Å². The summed E-state index contributed by atoms with van der Waals surface area (Å²) in [5.74, 6) is -0.850. The van der Waals surface area contributed by atoms with Gasteiger partial charge in [0.2, 0.25) is 0 Å². The van der Waals surface area contributed by atoms with E-state index in [4.69, 9.17) is 5.53 Å². The van der Waals surface area contributed by atoms with Crippen LogP contribution in [0.3, 0.4) is 0 Å². The van der Waals surface area contributed by atoms with Crippen molar-refractivity contribution in [2.75, 3.05) is 6.54 Å². The van der Waals surface area contributed by atoms with Crippen LogP contribution in [0.2, 0.25) is 0 Å². The molecule has 130 valence electrons. The van der Waals surface area contributed by atoms with E-state index in [1.165, 1.54) is 0 Å². The Hall–Kier alpha value is -2.82. The van der Waals surface area contributed by atoms with Crippen molar-refractivity contribution in [3.63, 3.8) is 0 Å². The van der Waals surface area contributed by atoms with Gasteiger partial charge in [0.25, 0.3) is 0 Å². The number of rotatable bonds is 10. The maximum Gasteiger partial charge on any atom is 0.304 e. The van der Waals surface area contributed by atoms with E-state index in [-0.39, 0.29) is 19.0 Å². The lowest BCUT2D eigenvalue weighted by Gasteiger charge is -2.31. The van der Waals surface area contributed by atoms with Gasteiger partial charge in [0.05, 0.1) is 6.42 Å². The van der Waals surface area contributed by atoms with E-state index in [1.54, 1.807) is 0 Å². The van der Waals surface area contributed by atoms with Crippen LogP contribution < -0.4 is 0 Å². The Balaban J connectivity index is 2.21. The summed E-state index contributed by atoms with van der Waals surface area (Å²) < 4.78 is 0. The molecule has 0 unspecified atom stereocenters. The van der Waals surface area contributed by atoms with Gasteiger partial charge in [0, 0.05) is 30.6 Å². The maximum absolute atomic E-state index is 11.3. The lowest BCUT2D eigenvalue weighted by atomic mass is 10.0. The van der Waals surface area contributed by atoms with Crippen molar-refractivity contribution in [2.45, 2.75) is 32.0 Å². The Bertz CT molecular complexity index is 658. The lowest BCUT2D eigenvalue weighted by molar-refractivity contribution is -0.138. The van der Waals surface area contributed by atoms with Crippen molar-refractivity contribution in [1.29, 1.82) is 0 Å². The second-order valence-corrected chi connectivity index (χ2v) is 5.87. The fraction of sp³-hybridized carbons (Fsp3) is 0.316. The van der Waals surface area contributed by atoms with Crippen molar-refractivity contribution in [1.82, 2.24) is 4.90 Å². The quantitative estimate of drug-likeness (QED) is 0.399. The summed E-state index contributed by atoms with van der Waals surface area (Å²) in [5, 5.41) is 12.9. The van der Waals surface area contributed by atoms with Crippen molar-refractivity contribution in [2.24, 2.45) is 5.11 Å². The molecule has 0 amide bonds. The third-order valence-electron chi connectivity index (χ3n) is 4.01. The van der Waals surface area contributed by atoms with E-state index in [1.807, 2.05) is 60.7 Å². The largest absolute Gasteiger partial charge is 0.481 e. The van der Waals surface area contributed by atoms with Crippen LogP contribution in [0.1, 0.15) is 24.0 Å². The fourth-order valence-electron chi connectivity index (χ4n) is 2.82. The lowest BCUT2D eigenvalue weighted by Crippen LogP contribution is -2.36. The standard InChI is InChI=1S/C19H22N4O2/c20-22-21-12-11-18(13-19(24)25)23(14-16-7-3-1-4-8-16)15-17-9-5-2-6-10-17/h1-10,18H,11-15H2,(H,24,25)/t18-/m0/s1. The molecule has 1 atom stereocenters. The number of benzene rings is 2. The number of hydrogen-bond acceptors (Lipinski definition) is 3. The molecule has 0 aliphatic heterocycles. The molecule has 0 heterocycles. The van der Waals surface area contributed by atoms with E-state index in [0.29, 0.717) is 19.5 Å². The molecule has 0 aliphatic rings. The maximum atomic E-state index is 11.3. The normalized spacial score (nSPS) is 11.7. The highest BCUT2D eigenvalue weighted by molar-refractivity contribution is 5.67. The second kappa shape index (κ2) is 10.1. The Labute approximate surface area is 147 Å². The van der Waals surface area contributed by atoms with Crippen molar-refractivity contribution >= 4 is 5.97 Å². The van der Waals surface area contributed by atoms with Gasteiger partial charge in [-0.25, -0.2) is 0 Å². The number of carbonyl (C=O) groups is 1. The van der Waals surface area contributed by atoms with Crippen LogP contribution in [-0.4, -0.2) is 28.6 Å². The van der Waals surface area contributed by atoms with Gasteiger partial charge in [-0.2, -0.15) is 0 Å². The minimum atomic E-state index is -0.850. The van der Waals surface area contributed by atoms with Crippen molar-refractivity contribution < 1.29 is 9.90 Å². The van der Waals surface area contributed by atoms with Crippen LogP contribution in [0.25, 0.3) is 10.4 Å². The summed E-state index contributed by atoms with van der Waals surface area (Å²) in [4.78, 5) is 16.2. The average Bonchev–Trinajstić information content (AvgIpc) is 2.62. The zero-order valence-electron chi connectivity index (χ0n) is 14.0. The minimum Gasteiger partial charge on any atom is -0.481 e. The van der Waals surface area contributed by atoms with Crippen molar-refractivity contribution in [3.8, 4) is 0 Å². The molecule has 0 bridgehead atoms. The zero-order chi connectivity index (χ0) is 17.9. The monoisotopic (exact) mass is 338 g/mol. The van der Waals surface area contributed by atoms with Gasteiger partial charge in [-0.1, -0.05) is 65.8 Å². The number of carboxylic acids is 1. The minimum absolute atomic E-state index is 0.0145. The van der Waals surface area contributed by atoms with Gasteiger partial charge < -0.3 is 5.11 Å². The molecule has 25 heavy (non-hydrogen) atoms. The van der Waals surface area contributed by atoms with Crippen LogP contribution in [0.5, 0.6) is 0 Å². The molecular formula is C19H22N4O2. The van der Waals surface area contributed by atoms with Gasteiger partial charge in [-0.15, -0.1) is 0 Å². The summed E-state index contributed by atoms with van der Waals surface area (Å²) >= 11 is 0. The highest BCUT2D eigenvalue weighted by atomic mass is 16.4. The molecule has 2 rings (SSSR count). The molecule has 0 aliphatic carbocycles. The highest BCUT2D eigenvalue weighted by Crippen LogP contribution is 2.18. The van der Waals surface area contributed by atoms with Crippen molar-refractivity contribution in [3.05, 3.63) is 82.2 Å². The molecule has 1 N–H and O–H groups in total. The summed E-state index contributed by atoms with van der Waals surface area (Å²) in [7, 11) is 0. The number of nitrogens with zero attached hydrogens (tertiary/aromatic N) is 4. The zero-order valence-corrected chi connectivity index (χ0v) is 14.0.